The summed E-state index contributed by atoms with van der Waals surface area (Å²) in [7, 11) is 0. The molecule has 4 amide bonds. The molecule has 0 saturated carbocycles. The molecule has 40 heavy (non-hydrogen) atoms. The van der Waals surface area contributed by atoms with Crippen LogP contribution in [0, 0.1) is 12.7 Å². The minimum atomic E-state index is -0.614. The predicted octanol–water partition coefficient (Wildman–Crippen LogP) is 5.61. The van der Waals surface area contributed by atoms with Gasteiger partial charge < -0.3 is 25.3 Å². The number of carbonyl (C=O) groups is 3. The van der Waals surface area contributed by atoms with Crippen LogP contribution in [-0.2, 0) is 0 Å². The molecular weight excluding hydrogens is 509 g/mol. The average Bonchev–Trinajstić information content (AvgIpc) is 3.21. The van der Waals surface area contributed by atoms with Gasteiger partial charge in [-0.1, -0.05) is 29.8 Å². The number of nitrogens with zero attached hydrogens (tertiary/aromatic N) is 3. The van der Waals surface area contributed by atoms with E-state index in [1.54, 1.807) is 28.0 Å². The number of benzene rings is 3. The summed E-state index contributed by atoms with van der Waals surface area (Å²) >= 11 is 0. The number of urea groups is 1. The first-order valence-corrected chi connectivity index (χ1v) is 13.7. The summed E-state index contributed by atoms with van der Waals surface area (Å²) in [5.74, 6) is -1.35. The van der Waals surface area contributed by atoms with Crippen molar-refractivity contribution >= 4 is 34.9 Å². The maximum Gasteiger partial charge on any atom is 0.321 e. The van der Waals surface area contributed by atoms with Gasteiger partial charge in [0, 0.05) is 56.3 Å². The summed E-state index contributed by atoms with van der Waals surface area (Å²) in [5, 5.41) is 5.70. The quantitative estimate of drug-likeness (QED) is 0.404. The second-order valence-corrected chi connectivity index (χ2v) is 9.77. The molecule has 0 radical (unpaired) electrons. The summed E-state index contributed by atoms with van der Waals surface area (Å²) in [4.78, 5) is 44.9. The Labute approximate surface area is 234 Å². The normalized spacial score (nSPS) is 13.4. The van der Waals surface area contributed by atoms with E-state index in [2.05, 4.69) is 15.5 Å². The molecule has 0 bridgehead atoms. The monoisotopic (exact) mass is 545 g/mol. The lowest BCUT2D eigenvalue weighted by Crippen LogP contribution is -2.38. The molecular formula is C31H36FN5O3. The molecule has 0 aromatic heterocycles. The molecule has 0 atom stereocenters. The second kappa shape index (κ2) is 13.1. The van der Waals surface area contributed by atoms with Gasteiger partial charge >= 0.3 is 6.03 Å². The lowest BCUT2D eigenvalue weighted by atomic mass is 10.1. The minimum absolute atomic E-state index is 0.0697. The van der Waals surface area contributed by atoms with Crippen LogP contribution in [0.4, 0.5) is 26.2 Å². The first-order chi connectivity index (χ1) is 19.3. The number of halogens is 1. The number of carbonyl (C=O) groups excluding carboxylic acids is 3. The molecule has 8 nitrogen and oxygen atoms in total. The van der Waals surface area contributed by atoms with E-state index in [4.69, 9.17) is 0 Å². The lowest BCUT2D eigenvalue weighted by Gasteiger charge is -2.28. The van der Waals surface area contributed by atoms with Gasteiger partial charge in [0.25, 0.3) is 11.8 Å². The van der Waals surface area contributed by atoms with Gasteiger partial charge in [0.2, 0.25) is 0 Å². The molecule has 3 aromatic carbocycles. The Balaban J connectivity index is 1.54. The van der Waals surface area contributed by atoms with E-state index in [1.165, 1.54) is 18.2 Å². The van der Waals surface area contributed by atoms with E-state index in [0.29, 0.717) is 50.5 Å². The van der Waals surface area contributed by atoms with Crippen LogP contribution >= 0.6 is 0 Å². The predicted molar refractivity (Wildman–Crippen MR) is 157 cm³/mol. The van der Waals surface area contributed by atoms with Crippen LogP contribution in [0.25, 0.3) is 0 Å². The Bertz CT molecular complexity index is 1360. The topological polar surface area (TPSA) is 85.0 Å². The van der Waals surface area contributed by atoms with Crippen LogP contribution in [-0.4, -0.2) is 66.9 Å². The van der Waals surface area contributed by atoms with E-state index in [9.17, 15) is 18.8 Å². The first-order valence-electron chi connectivity index (χ1n) is 13.7. The van der Waals surface area contributed by atoms with Gasteiger partial charge in [0.05, 0.1) is 11.1 Å². The van der Waals surface area contributed by atoms with Crippen LogP contribution in [0.15, 0.2) is 66.7 Å². The Morgan fingerprint density at radius 1 is 0.825 bits per heavy atom. The van der Waals surface area contributed by atoms with Crippen LogP contribution in [0.5, 0.6) is 0 Å². The van der Waals surface area contributed by atoms with Gasteiger partial charge in [-0.05, 0) is 69.7 Å². The number of rotatable bonds is 7. The zero-order valence-electron chi connectivity index (χ0n) is 23.2. The SMILES string of the molecule is CCN(CC)C(=O)c1cc(NC(=O)c2ccccc2F)ccc1N1CCCN(C(=O)Nc2ccc(C)cc2)CC1. The molecule has 4 rings (SSSR count). The maximum absolute atomic E-state index is 14.2. The molecule has 1 fully saturated rings. The number of hydrogen-bond acceptors (Lipinski definition) is 4. The zero-order valence-corrected chi connectivity index (χ0v) is 23.2. The van der Waals surface area contributed by atoms with Crippen molar-refractivity contribution in [2.24, 2.45) is 0 Å². The number of anilines is 3. The third-order valence-corrected chi connectivity index (χ3v) is 7.08. The van der Waals surface area contributed by atoms with E-state index < -0.39 is 11.7 Å². The van der Waals surface area contributed by atoms with Gasteiger partial charge in [0.15, 0.2) is 0 Å². The Kier molecular flexibility index (Phi) is 9.37. The van der Waals surface area contributed by atoms with Crippen LogP contribution in [0.1, 0.15) is 46.5 Å². The maximum atomic E-state index is 14.2. The Morgan fingerprint density at radius 3 is 2.23 bits per heavy atom. The average molecular weight is 546 g/mol. The van der Waals surface area contributed by atoms with E-state index in [-0.39, 0.29) is 17.5 Å². The highest BCUT2D eigenvalue weighted by Crippen LogP contribution is 2.28. The van der Waals surface area contributed by atoms with Crippen molar-refractivity contribution in [2.75, 3.05) is 54.8 Å². The first kappa shape index (κ1) is 28.6. The fourth-order valence-electron chi connectivity index (χ4n) is 4.79. The number of aryl methyl sites for hydroxylation is 1. The Morgan fingerprint density at radius 2 is 1.52 bits per heavy atom. The summed E-state index contributed by atoms with van der Waals surface area (Å²) in [6, 6.07) is 18.5. The molecule has 210 valence electrons. The summed E-state index contributed by atoms with van der Waals surface area (Å²) in [6.07, 6.45) is 0.728. The lowest BCUT2D eigenvalue weighted by molar-refractivity contribution is 0.0773. The van der Waals surface area contributed by atoms with Crippen LogP contribution in [0.2, 0.25) is 0 Å². The number of hydrogen-bond donors (Lipinski definition) is 2. The van der Waals surface area contributed by atoms with Gasteiger partial charge in [-0.3, -0.25) is 9.59 Å². The van der Waals surface area contributed by atoms with E-state index >= 15 is 0 Å². The highest BCUT2D eigenvalue weighted by Gasteiger charge is 2.25. The molecule has 3 aromatic rings. The summed E-state index contributed by atoms with van der Waals surface area (Å²) in [6.45, 7) is 9.18. The number of amides is 4. The van der Waals surface area contributed by atoms with E-state index in [1.807, 2.05) is 51.1 Å². The van der Waals surface area contributed by atoms with Crippen LogP contribution < -0.4 is 15.5 Å². The van der Waals surface area contributed by atoms with Crippen molar-refractivity contribution in [3.05, 3.63) is 89.2 Å². The molecule has 1 aliphatic heterocycles. The smallest absolute Gasteiger partial charge is 0.321 e. The largest absolute Gasteiger partial charge is 0.369 e. The molecule has 0 aliphatic carbocycles. The number of nitrogens with one attached hydrogen (secondary N) is 2. The molecule has 0 spiro atoms. The summed E-state index contributed by atoms with van der Waals surface area (Å²) in [5.41, 5.74) is 3.39. The molecule has 1 aliphatic rings. The van der Waals surface area contributed by atoms with Crippen molar-refractivity contribution in [3.8, 4) is 0 Å². The zero-order chi connectivity index (χ0) is 28.6. The van der Waals surface area contributed by atoms with Crippen molar-refractivity contribution in [2.45, 2.75) is 27.2 Å². The molecule has 1 saturated heterocycles. The van der Waals surface area contributed by atoms with Crippen molar-refractivity contribution in [1.29, 1.82) is 0 Å². The van der Waals surface area contributed by atoms with Gasteiger partial charge in [-0.25, -0.2) is 9.18 Å². The van der Waals surface area contributed by atoms with Crippen LogP contribution in [0.3, 0.4) is 0 Å². The minimum Gasteiger partial charge on any atom is -0.369 e. The second-order valence-electron chi connectivity index (χ2n) is 9.77. The molecule has 2 N–H and O–H groups in total. The fraction of sp³-hybridized carbons (Fsp3) is 0.323. The third kappa shape index (κ3) is 6.77. The summed E-state index contributed by atoms with van der Waals surface area (Å²) < 4.78 is 14.2. The van der Waals surface area contributed by atoms with Gasteiger partial charge in [0.1, 0.15) is 5.82 Å². The van der Waals surface area contributed by atoms with Crippen molar-refractivity contribution in [3.63, 3.8) is 0 Å². The highest BCUT2D eigenvalue weighted by molar-refractivity contribution is 6.06. The molecule has 1 heterocycles. The van der Waals surface area contributed by atoms with Crippen molar-refractivity contribution < 1.29 is 18.8 Å². The molecule has 9 heteroatoms. The fourth-order valence-corrected chi connectivity index (χ4v) is 4.79. The highest BCUT2D eigenvalue weighted by atomic mass is 19.1. The third-order valence-electron chi connectivity index (χ3n) is 7.08. The molecule has 0 unspecified atom stereocenters. The van der Waals surface area contributed by atoms with Crippen molar-refractivity contribution in [1.82, 2.24) is 9.80 Å². The standard InChI is InChI=1S/C31H36FN5O3/c1-4-35(5-2)30(39)26-21-24(33-29(38)25-9-6-7-10-27(25)32)15-16-28(26)36-17-8-18-37(20-19-36)31(40)34-23-13-11-22(3)12-14-23/h6-7,9-16,21H,4-5,8,17-20H2,1-3H3,(H,33,38)(H,34,40). The Hall–Kier alpha value is -4.40. The van der Waals surface area contributed by atoms with E-state index in [0.717, 1.165) is 23.4 Å². The van der Waals surface area contributed by atoms with Gasteiger partial charge in [-0.15, -0.1) is 0 Å². The van der Waals surface area contributed by atoms with Gasteiger partial charge in [-0.2, -0.15) is 0 Å².